The van der Waals surface area contributed by atoms with E-state index in [0.29, 0.717) is 5.69 Å². The minimum atomic E-state index is -0.311. The molecule has 1 N–H and O–H groups in total. The largest absolute Gasteiger partial charge is 0.325 e. The van der Waals surface area contributed by atoms with Crippen LogP contribution in [0, 0.1) is 5.82 Å². The van der Waals surface area contributed by atoms with Crippen LogP contribution in [0.15, 0.2) is 41.8 Å². The van der Waals surface area contributed by atoms with Crippen LogP contribution in [-0.2, 0) is 11.3 Å². The maximum atomic E-state index is 12.9. The van der Waals surface area contributed by atoms with Gasteiger partial charge in [-0.25, -0.2) is 4.39 Å². The van der Waals surface area contributed by atoms with Crippen molar-refractivity contribution in [3.63, 3.8) is 0 Å². The van der Waals surface area contributed by atoms with E-state index in [1.165, 1.54) is 17.0 Å². The summed E-state index contributed by atoms with van der Waals surface area (Å²) in [6.07, 6.45) is 0. The lowest BCUT2D eigenvalue weighted by Gasteiger charge is -2.26. The minimum absolute atomic E-state index is 0.0833. The minimum Gasteiger partial charge on any atom is -0.325 e. The molecule has 1 amide bonds. The number of rotatable bonds is 6. The third kappa shape index (κ3) is 4.37. The number of hydrogen-bond acceptors (Lipinski definition) is 3. The molecule has 2 rings (SSSR count). The van der Waals surface area contributed by atoms with Crippen molar-refractivity contribution in [1.82, 2.24) is 4.90 Å². The summed E-state index contributed by atoms with van der Waals surface area (Å²) in [5, 5.41) is 4.85. The Balaban J connectivity index is 1.97. The number of carbonyl (C=O) groups is 1. The molecule has 5 heteroatoms. The van der Waals surface area contributed by atoms with Gasteiger partial charge in [0.15, 0.2) is 0 Å². The van der Waals surface area contributed by atoms with Crippen molar-refractivity contribution in [3.8, 4) is 0 Å². The fraction of sp³-hybridized carbons (Fsp3) is 0.312. The number of amides is 1. The number of nitrogens with one attached hydrogen (secondary N) is 1. The second-order valence-corrected chi connectivity index (χ2v) is 5.85. The van der Waals surface area contributed by atoms with E-state index in [-0.39, 0.29) is 17.8 Å². The topological polar surface area (TPSA) is 32.3 Å². The molecule has 0 fully saturated rings. The molecule has 0 saturated heterocycles. The second kappa shape index (κ2) is 7.33. The molecule has 0 aliphatic heterocycles. The van der Waals surface area contributed by atoms with E-state index in [1.807, 2.05) is 25.3 Å². The zero-order valence-corrected chi connectivity index (χ0v) is 13.0. The number of halogens is 1. The number of anilines is 1. The van der Waals surface area contributed by atoms with Crippen molar-refractivity contribution >= 4 is 22.9 Å². The highest BCUT2D eigenvalue weighted by molar-refractivity contribution is 7.09. The van der Waals surface area contributed by atoms with Crippen LogP contribution in [0.5, 0.6) is 0 Å². The standard InChI is InChI=1S/C16H19FN2OS/c1-3-19(11-15-5-4-10-21-15)12(2)16(20)18-14-8-6-13(17)7-9-14/h4-10,12H,3,11H2,1-2H3,(H,18,20)/t12-/m0/s1. The summed E-state index contributed by atoms with van der Waals surface area (Å²) in [5.74, 6) is -0.394. The Morgan fingerprint density at radius 2 is 2.05 bits per heavy atom. The number of likely N-dealkylation sites (N-methyl/N-ethyl adjacent to an activating group) is 1. The van der Waals surface area contributed by atoms with Crippen LogP contribution in [0.4, 0.5) is 10.1 Å². The molecular weight excluding hydrogens is 287 g/mol. The van der Waals surface area contributed by atoms with Crippen LogP contribution in [0.1, 0.15) is 18.7 Å². The van der Waals surface area contributed by atoms with E-state index in [1.54, 1.807) is 23.5 Å². The summed E-state index contributed by atoms with van der Waals surface area (Å²) in [7, 11) is 0. The summed E-state index contributed by atoms with van der Waals surface area (Å²) >= 11 is 1.69. The van der Waals surface area contributed by atoms with E-state index < -0.39 is 0 Å². The van der Waals surface area contributed by atoms with Crippen LogP contribution in [-0.4, -0.2) is 23.4 Å². The maximum absolute atomic E-state index is 12.9. The van der Waals surface area contributed by atoms with Crippen molar-refractivity contribution in [2.75, 3.05) is 11.9 Å². The fourth-order valence-corrected chi connectivity index (χ4v) is 2.80. The average Bonchev–Trinajstić information content (AvgIpc) is 2.99. The van der Waals surface area contributed by atoms with Gasteiger partial charge in [-0.1, -0.05) is 13.0 Å². The van der Waals surface area contributed by atoms with Crippen molar-refractivity contribution in [1.29, 1.82) is 0 Å². The second-order valence-electron chi connectivity index (χ2n) is 4.81. The first-order valence-corrected chi connectivity index (χ1v) is 7.81. The van der Waals surface area contributed by atoms with Gasteiger partial charge < -0.3 is 5.32 Å². The Morgan fingerprint density at radius 3 is 2.62 bits per heavy atom. The van der Waals surface area contributed by atoms with Gasteiger partial charge in [-0.3, -0.25) is 9.69 Å². The van der Waals surface area contributed by atoms with Gasteiger partial charge in [0.05, 0.1) is 6.04 Å². The van der Waals surface area contributed by atoms with Gasteiger partial charge in [-0.15, -0.1) is 11.3 Å². The van der Waals surface area contributed by atoms with Gasteiger partial charge in [0.25, 0.3) is 0 Å². The molecule has 1 aromatic heterocycles. The van der Waals surface area contributed by atoms with E-state index >= 15 is 0 Å². The summed E-state index contributed by atoms with van der Waals surface area (Å²) in [6, 6.07) is 9.63. The summed E-state index contributed by atoms with van der Waals surface area (Å²) in [4.78, 5) is 15.6. The molecule has 0 spiro atoms. The van der Waals surface area contributed by atoms with Gasteiger partial charge in [0.2, 0.25) is 5.91 Å². The van der Waals surface area contributed by atoms with Gasteiger partial charge in [0.1, 0.15) is 5.82 Å². The van der Waals surface area contributed by atoms with E-state index in [0.717, 1.165) is 13.1 Å². The number of hydrogen-bond donors (Lipinski definition) is 1. The van der Waals surface area contributed by atoms with Crippen LogP contribution < -0.4 is 5.32 Å². The summed E-state index contributed by atoms with van der Waals surface area (Å²) in [5.41, 5.74) is 0.612. The monoisotopic (exact) mass is 306 g/mol. The van der Waals surface area contributed by atoms with Crippen molar-refractivity contribution < 1.29 is 9.18 Å². The van der Waals surface area contributed by atoms with Gasteiger partial charge in [-0.2, -0.15) is 0 Å². The summed E-state index contributed by atoms with van der Waals surface area (Å²) in [6.45, 7) is 5.47. The number of benzene rings is 1. The highest BCUT2D eigenvalue weighted by Crippen LogP contribution is 2.15. The number of nitrogens with zero attached hydrogens (tertiary/aromatic N) is 1. The highest BCUT2D eigenvalue weighted by atomic mass is 32.1. The first-order chi connectivity index (χ1) is 10.1. The summed E-state index contributed by atoms with van der Waals surface area (Å²) < 4.78 is 12.9. The van der Waals surface area contributed by atoms with Crippen molar-refractivity contribution in [2.24, 2.45) is 0 Å². The number of carbonyl (C=O) groups excluding carboxylic acids is 1. The van der Waals surface area contributed by atoms with Crippen LogP contribution in [0.2, 0.25) is 0 Å². The quantitative estimate of drug-likeness (QED) is 0.882. The van der Waals surface area contributed by atoms with E-state index in [2.05, 4.69) is 16.3 Å². The lowest BCUT2D eigenvalue weighted by molar-refractivity contribution is -0.120. The average molecular weight is 306 g/mol. The predicted octanol–water partition coefficient (Wildman–Crippen LogP) is 3.74. The molecule has 0 aliphatic rings. The van der Waals surface area contributed by atoms with E-state index in [4.69, 9.17) is 0 Å². The van der Waals surface area contributed by atoms with Crippen LogP contribution in [0.3, 0.4) is 0 Å². The molecule has 21 heavy (non-hydrogen) atoms. The van der Waals surface area contributed by atoms with Gasteiger partial charge in [0, 0.05) is 17.1 Å². The molecule has 1 heterocycles. The van der Waals surface area contributed by atoms with Crippen LogP contribution in [0.25, 0.3) is 0 Å². The third-order valence-electron chi connectivity index (χ3n) is 3.38. The smallest absolute Gasteiger partial charge is 0.241 e. The van der Waals surface area contributed by atoms with Crippen molar-refractivity contribution in [3.05, 3.63) is 52.5 Å². The molecular formula is C16H19FN2OS. The Morgan fingerprint density at radius 1 is 1.33 bits per heavy atom. The maximum Gasteiger partial charge on any atom is 0.241 e. The molecule has 0 aliphatic carbocycles. The molecule has 0 saturated carbocycles. The van der Waals surface area contributed by atoms with Crippen molar-refractivity contribution in [2.45, 2.75) is 26.4 Å². The highest BCUT2D eigenvalue weighted by Gasteiger charge is 2.20. The van der Waals surface area contributed by atoms with Crippen LogP contribution >= 0.6 is 11.3 Å². The Hall–Kier alpha value is -1.72. The Labute approximate surface area is 128 Å². The number of thiophene rings is 1. The molecule has 1 aromatic carbocycles. The third-order valence-corrected chi connectivity index (χ3v) is 4.25. The Bertz CT molecular complexity index is 568. The zero-order chi connectivity index (χ0) is 15.2. The lowest BCUT2D eigenvalue weighted by Crippen LogP contribution is -2.41. The van der Waals surface area contributed by atoms with Gasteiger partial charge >= 0.3 is 0 Å². The molecule has 1 atom stereocenters. The Kier molecular flexibility index (Phi) is 5.47. The first-order valence-electron chi connectivity index (χ1n) is 6.93. The SMILES string of the molecule is CCN(Cc1cccs1)[C@@H](C)C(=O)Nc1ccc(F)cc1. The van der Waals surface area contributed by atoms with E-state index in [9.17, 15) is 9.18 Å². The fourth-order valence-electron chi connectivity index (χ4n) is 2.07. The zero-order valence-electron chi connectivity index (χ0n) is 12.2. The molecule has 2 aromatic rings. The molecule has 0 bridgehead atoms. The first kappa shape index (κ1) is 15.7. The molecule has 112 valence electrons. The normalized spacial score (nSPS) is 12.4. The molecule has 0 radical (unpaired) electrons. The van der Waals surface area contributed by atoms with Gasteiger partial charge in [-0.05, 0) is 49.2 Å². The predicted molar refractivity (Wildman–Crippen MR) is 84.9 cm³/mol. The molecule has 3 nitrogen and oxygen atoms in total. The lowest BCUT2D eigenvalue weighted by atomic mass is 10.2. The molecule has 0 unspecified atom stereocenters.